The number of nitrogens with zero attached hydrogens (tertiary/aromatic N) is 2. The number of para-hydroxylation sites is 2. The van der Waals surface area contributed by atoms with Crippen LogP contribution in [0.5, 0.6) is 0 Å². The van der Waals surface area contributed by atoms with Gasteiger partial charge >= 0.3 is 0 Å². The highest BCUT2D eigenvalue weighted by atomic mass is 16.1. The number of carbonyl (C=O) groups is 1. The van der Waals surface area contributed by atoms with Gasteiger partial charge in [0.15, 0.2) is 0 Å². The normalized spacial score (nSPS) is 12.5. The average Bonchev–Trinajstić information content (AvgIpc) is 2.94. The first kappa shape index (κ1) is 16.2. The number of aromatic nitrogens is 2. The van der Waals surface area contributed by atoms with Crippen LogP contribution in [0.4, 0.5) is 0 Å². The van der Waals surface area contributed by atoms with E-state index in [2.05, 4.69) is 54.1 Å². The lowest BCUT2D eigenvalue weighted by Gasteiger charge is -2.15. The summed E-state index contributed by atoms with van der Waals surface area (Å²) in [6.07, 6.45) is 0.728. The van der Waals surface area contributed by atoms with Gasteiger partial charge in [0.1, 0.15) is 5.82 Å². The third-order valence-corrected chi connectivity index (χ3v) is 4.38. The average molecular weight is 321 g/mol. The number of nitrogens with one attached hydrogen (secondary N) is 1. The van der Waals surface area contributed by atoms with Gasteiger partial charge in [-0.3, -0.25) is 4.79 Å². The fraction of sp³-hybridized carbons (Fsp3) is 0.300. The third-order valence-electron chi connectivity index (χ3n) is 4.38. The number of benzene rings is 2. The fourth-order valence-electron chi connectivity index (χ4n) is 2.96. The van der Waals surface area contributed by atoms with Crippen molar-refractivity contribution in [2.45, 2.75) is 39.3 Å². The number of hydrogen-bond donors (Lipinski definition) is 1. The molecule has 0 unspecified atom stereocenters. The topological polar surface area (TPSA) is 46.9 Å². The molecule has 0 aliphatic carbocycles. The Bertz CT molecular complexity index is 834. The van der Waals surface area contributed by atoms with E-state index in [1.54, 1.807) is 0 Å². The SMILES string of the molecule is CC(C)c1ccc(Cn2c([C@@H](C)NC=O)nc3ccccc32)cc1. The molecular weight excluding hydrogens is 298 g/mol. The van der Waals surface area contributed by atoms with Crippen LogP contribution in [-0.4, -0.2) is 16.0 Å². The molecule has 1 aromatic heterocycles. The molecular formula is C20H23N3O. The zero-order valence-electron chi connectivity index (χ0n) is 14.4. The number of rotatable bonds is 6. The van der Waals surface area contributed by atoms with Gasteiger partial charge in [0, 0.05) is 6.54 Å². The Labute approximate surface area is 142 Å². The molecule has 0 saturated heterocycles. The van der Waals surface area contributed by atoms with E-state index in [0.717, 1.165) is 29.8 Å². The maximum Gasteiger partial charge on any atom is 0.207 e. The predicted octanol–water partition coefficient (Wildman–Crippen LogP) is 4.02. The molecule has 124 valence electrons. The molecule has 24 heavy (non-hydrogen) atoms. The highest BCUT2D eigenvalue weighted by Crippen LogP contribution is 2.23. The largest absolute Gasteiger partial charge is 0.349 e. The number of amides is 1. The maximum absolute atomic E-state index is 10.8. The van der Waals surface area contributed by atoms with Crippen molar-refractivity contribution in [3.05, 3.63) is 65.5 Å². The molecule has 3 rings (SSSR count). The van der Waals surface area contributed by atoms with Crippen molar-refractivity contribution >= 4 is 17.4 Å². The van der Waals surface area contributed by atoms with Gasteiger partial charge in [0.25, 0.3) is 0 Å². The Morgan fingerprint density at radius 1 is 1.08 bits per heavy atom. The first-order valence-corrected chi connectivity index (χ1v) is 8.34. The Morgan fingerprint density at radius 2 is 1.79 bits per heavy atom. The highest BCUT2D eigenvalue weighted by molar-refractivity contribution is 5.76. The van der Waals surface area contributed by atoms with Gasteiger partial charge in [-0.2, -0.15) is 0 Å². The lowest BCUT2D eigenvalue weighted by molar-refractivity contribution is -0.110. The van der Waals surface area contributed by atoms with Gasteiger partial charge in [-0.1, -0.05) is 50.2 Å². The minimum atomic E-state index is -0.134. The second kappa shape index (κ2) is 6.87. The Kier molecular flexibility index (Phi) is 4.65. The number of hydrogen-bond acceptors (Lipinski definition) is 2. The summed E-state index contributed by atoms with van der Waals surface area (Å²) in [5, 5.41) is 2.81. The van der Waals surface area contributed by atoms with E-state index in [1.165, 1.54) is 11.1 Å². The minimum absolute atomic E-state index is 0.134. The van der Waals surface area contributed by atoms with Crippen LogP contribution >= 0.6 is 0 Å². The standard InChI is InChI=1S/C20H23N3O/c1-14(2)17-10-8-16(9-11-17)12-23-19-7-5-4-6-18(19)22-20(23)15(3)21-13-24/h4-11,13-15H,12H2,1-3H3,(H,21,24)/t15-/m1/s1. The summed E-state index contributed by atoms with van der Waals surface area (Å²) in [4.78, 5) is 15.5. The molecule has 1 atom stereocenters. The number of fused-ring (bicyclic) bond motifs is 1. The van der Waals surface area contributed by atoms with E-state index in [-0.39, 0.29) is 6.04 Å². The van der Waals surface area contributed by atoms with Crippen LogP contribution in [0.2, 0.25) is 0 Å². The van der Waals surface area contributed by atoms with E-state index >= 15 is 0 Å². The first-order valence-electron chi connectivity index (χ1n) is 8.34. The van der Waals surface area contributed by atoms with Gasteiger partial charge in [0.2, 0.25) is 6.41 Å². The lowest BCUT2D eigenvalue weighted by Crippen LogP contribution is -2.20. The van der Waals surface area contributed by atoms with Gasteiger partial charge in [0.05, 0.1) is 17.1 Å². The summed E-state index contributed by atoms with van der Waals surface area (Å²) in [5.41, 5.74) is 4.60. The molecule has 1 amide bonds. The molecule has 3 aromatic rings. The van der Waals surface area contributed by atoms with E-state index in [9.17, 15) is 4.79 Å². The summed E-state index contributed by atoms with van der Waals surface area (Å²) in [7, 11) is 0. The predicted molar refractivity (Wildman–Crippen MR) is 97.0 cm³/mol. The zero-order valence-corrected chi connectivity index (χ0v) is 14.4. The van der Waals surface area contributed by atoms with Gasteiger partial charge < -0.3 is 9.88 Å². The van der Waals surface area contributed by atoms with Crippen LogP contribution in [0.1, 0.15) is 49.7 Å². The van der Waals surface area contributed by atoms with Gasteiger partial charge in [-0.25, -0.2) is 4.98 Å². The van der Waals surface area contributed by atoms with E-state index in [1.807, 2.05) is 25.1 Å². The van der Waals surface area contributed by atoms with Crippen LogP contribution in [-0.2, 0) is 11.3 Å². The minimum Gasteiger partial charge on any atom is -0.349 e. The van der Waals surface area contributed by atoms with Crippen molar-refractivity contribution < 1.29 is 4.79 Å². The van der Waals surface area contributed by atoms with Crippen molar-refractivity contribution in [1.82, 2.24) is 14.9 Å². The summed E-state index contributed by atoms with van der Waals surface area (Å²) >= 11 is 0. The molecule has 0 aliphatic rings. The molecule has 0 aliphatic heterocycles. The van der Waals surface area contributed by atoms with Crippen LogP contribution in [0.3, 0.4) is 0 Å². The third kappa shape index (κ3) is 3.18. The van der Waals surface area contributed by atoms with Gasteiger partial charge in [-0.15, -0.1) is 0 Å². The molecule has 4 nitrogen and oxygen atoms in total. The van der Waals surface area contributed by atoms with E-state index in [4.69, 9.17) is 4.98 Å². The smallest absolute Gasteiger partial charge is 0.207 e. The lowest BCUT2D eigenvalue weighted by atomic mass is 10.0. The second-order valence-corrected chi connectivity index (χ2v) is 6.45. The van der Waals surface area contributed by atoms with E-state index < -0.39 is 0 Å². The molecule has 0 radical (unpaired) electrons. The number of imidazole rings is 1. The van der Waals surface area contributed by atoms with Crippen molar-refractivity contribution in [1.29, 1.82) is 0 Å². The van der Waals surface area contributed by atoms with Crippen molar-refractivity contribution in [2.75, 3.05) is 0 Å². The molecule has 0 fully saturated rings. The fourth-order valence-corrected chi connectivity index (χ4v) is 2.96. The monoisotopic (exact) mass is 321 g/mol. The van der Waals surface area contributed by atoms with Crippen molar-refractivity contribution in [3.63, 3.8) is 0 Å². The molecule has 0 spiro atoms. The van der Waals surface area contributed by atoms with Crippen LogP contribution in [0, 0.1) is 0 Å². The molecule has 1 heterocycles. The molecule has 1 N–H and O–H groups in total. The molecule has 0 bridgehead atoms. The van der Waals surface area contributed by atoms with Crippen LogP contribution < -0.4 is 5.32 Å². The summed E-state index contributed by atoms with van der Waals surface area (Å²) in [6.45, 7) is 7.08. The molecule has 4 heteroatoms. The Balaban J connectivity index is 2.00. The first-order chi connectivity index (χ1) is 11.6. The molecule has 0 saturated carbocycles. The Morgan fingerprint density at radius 3 is 2.46 bits per heavy atom. The number of carbonyl (C=O) groups excluding carboxylic acids is 1. The van der Waals surface area contributed by atoms with Crippen molar-refractivity contribution in [3.8, 4) is 0 Å². The van der Waals surface area contributed by atoms with Gasteiger partial charge in [-0.05, 0) is 36.1 Å². The second-order valence-electron chi connectivity index (χ2n) is 6.45. The zero-order chi connectivity index (χ0) is 17.1. The summed E-state index contributed by atoms with van der Waals surface area (Å²) < 4.78 is 2.18. The maximum atomic E-state index is 10.8. The Hall–Kier alpha value is -2.62. The van der Waals surface area contributed by atoms with Crippen LogP contribution in [0.15, 0.2) is 48.5 Å². The van der Waals surface area contributed by atoms with E-state index in [0.29, 0.717) is 5.92 Å². The summed E-state index contributed by atoms with van der Waals surface area (Å²) in [5.74, 6) is 1.40. The summed E-state index contributed by atoms with van der Waals surface area (Å²) in [6, 6.07) is 16.7. The quantitative estimate of drug-likeness (QED) is 0.697. The van der Waals surface area contributed by atoms with Crippen LogP contribution in [0.25, 0.3) is 11.0 Å². The highest BCUT2D eigenvalue weighted by Gasteiger charge is 2.16. The van der Waals surface area contributed by atoms with Crippen molar-refractivity contribution in [2.24, 2.45) is 0 Å². The molecule has 2 aromatic carbocycles.